The summed E-state index contributed by atoms with van der Waals surface area (Å²) >= 11 is 0. The van der Waals surface area contributed by atoms with Crippen LogP contribution in [0, 0.1) is 0 Å². The van der Waals surface area contributed by atoms with Crippen LogP contribution in [0.25, 0.3) is 0 Å². The molecule has 4 aromatic rings. The quantitative estimate of drug-likeness (QED) is 0.486. The Balaban J connectivity index is 1.77. The largest absolute Gasteiger partial charge is 0.389 e. The van der Waals surface area contributed by atoms with Crippen LogP contribution in [0.15, 0.2) is 121 Å². The maximum Gasteiger partial charge on any atom is 0.146 e. The second-order valence-electron chi connectivity index (χ2n) is 7.85. The van der Waals surface area contributed by atoms with Gasteiger partial charge in [-0.2, -0.15) is 0 Å². The van der Waals surface area contributed by atoms with E-state index in [2.05, 4.69) is 24.3 Å². The number of hydrogen-bond donors (Lipinski definition) is 1. The van der Waals surface area contributed by atoms with Crippen LogP contribution < -0.4 is 0 Å². The Hall–Kier alpha value is -3.20. The molecule has 1 aliphatic heterocycles. The van der Waals surface area contributed by atoms with E-state index in [1.54, 1.807) is 0 Å². The van der Waals surface area contributed by atoms with Gasteiger partial charge in [0.25, 0.3) is 0 Å². The third-order valence-corrected chi connectivity index (χ3v) is 6.17. The molecule has 1 aliphatic rings. The smallest absolute Gasteiger partial charge is 0.146 e. The number of aliphatic hydroxyl groups excluding tert-OH is 1. The Morgan fingerprint density at radius 1 is 0.533 bits per heavy atom. The van der Waals surface area contributed by atoms with E-state index in [1.807, 2.05) is 97.1 Å². The molecule has 1 heterocycles. The lowest BCUT2D eigenvalue weighted by Gasteiger charge is -2.37. The molecule has 1 N–H and O–H groups in total. The van der Waals surface area contributed by atoms with Gasteiger partial charge in [-0.1, -0.05) is 121 Å². The highest BCUT2D eigenvalue weighted by Gasteiger charge is 2.58. The normalized spacial score (nSPS) is 19.4. The van der Waals surface area contributed by atoms with E-state index in [9.17, 15) is 5.11 Å². The lowest BCUT2D eigenvalue weighted by atomic mass is 9.79. The van der Waals surface area contributed by atoms with Crippen molar-refractivity contribution in [2.75, 3.05) is 0 Å². The lowest BCUT2D eigenvalue weighted by Crippen LogP contribution is -2.39. The Morgan fingerprint density at radius 2 is 0.867 bits per heavy atom. The Labute approximate surface area is 177 Å². The molecule has 1 saturated heterocycles. The molecule has 2 nitrogen and oxygen atoms in total. The summed E-state index contributed by atoms with van der Waals surface area (Å²) < 4.78 is 7.14. The minimum Gasteiger partial charge on any atom is -0.389 e. The lowest BCUT2D eigenvalue weighted by molar-refractivity contribution is -0.0927. The van der Waals surface area contributed by atoms with E-state index in [4.69, 9.17) is 4.74 Å². The SMILES string of the molecule is OC1CC(c2ccccc2)(c2ccccc2)OC1(c1ccccc1)c1ccccc1. The number of rotatable bonds is 4. The van der Waals surface area contributed by atoms with Gasteiger partial charge in [-0.15, -0.1) is 0 Å². The second-order valence-corrected chi connectivity index (χ2v) is 7.85. The van der Waals surface area contributed by atoms with Crippen molar-refractivity contribution in [3.05, 3.63) is 144 Å². The summed E-state index contributed by atoms with van der Waals surface area (Å²) in [5.41, 5.74) is 2.28. The fourth-order valence-corrected chi connectivity index (χ4v) is 4.78. The van der Waals surface area contributed by atoms with Crippen molar-refractivity contribution in [2.45, 2.75) is 23.7 Å². The van der Waals surface area contributed by atoms with Crippen LogP contribution in [-0.2, 0) is 15.9 Å². The Morgan fingerprint density at radius 3 is 1.23 bits per heavy atom. The highest BCUT2D eigenvalue weighted by atomic mass is 16.5. The van der Waals surface area contributed by atoms with Crippen LogP contribution >= 0.6 is 0 Å². The van der Waals surface area contributed by atoms with Crippen molar-refractivity contribution in [2.24, 2.45) is 0 Å². The third-order valence-electron chi connectivity index (χ3n) is 6.17. The molecular weight excluding hydrogens is 368 g/mol. The maximum absolute atomic E-state index is 11.7. The first-order valence-corrected chi connectivity index (χ1v) is 10.4. The zero-order valence-corrected chi connectivity index (χ0v) is 16.7. The minimum absolute atomic E-state index is 0.463. The topological polar surface area (TPSA) is 29.5 Å². The van der Waals surface area contributed by atoms with E-state index in [1.165, 1.54) is 0 Å². The van der Waals surface area contributed by atoms with Gasteiger partial charge < -0.3 is 9.84 Å². The Bertz CT molecular complexity index is 1010. The Kier molecular flexibility index (Phi) is 4.74. The standard InChI is InChI=1S/C28H24O2/c29-26-21-27(22-13-5-1-6-14-22,23-15-7-2-8-16-23)30-28(26,24-17-9-3-10-18-24)25-19-11-4-12-20-25/h1-20,26,29H,21H2. The molecule has 1 fully saturated rings. The molecule has 0 saturated carbocycles. The summed E-state index contributed by atoms with van der Waals surface area (Å²) in [4.78, 5) is 0. The van der Waals surface area contributed by atoms with Crippen molar-refractivity contribution < 1.29 is 9.84 Å². The molecule has 0 spiro atoms. The first kappa shape index (κ1) is 18.8. The van der Waals surface area contributed by atoms with Crippen LogP contribution in [0.5, 0.6) is 0 Å². The molecule has 30 heavy (non-hydrogen) atoms. The third kappa shape index (κ3) is 2.88. The molecule has 0 amide bonds. The minimum atomic E-state index is -0.964. The molecule has 0 aromatic heterocycles. The molecule has 1 unspecified atom stereocenters. The fourth-order valence-electron chi connectivity index (χ4n) is 4.78. The van der Waals surface area contributed by atoms with Crippen LogP contribution in [-0.4, -0.2) is 11.2 Å². The van der Waals surface area contributed by atoms with E-state index in [0.29, 0.717) is 6.42 Å². The molecule has 0 radical (unpaired) electrons. The van der Waals surface area contributed by atoms with Gasteiger partial charge in [0, 0.05) is 6.42 Å². The average molecular weight is 392 g/mol. The van der Waals surface area contributed by atoms with Crippen molar-refractivity contribution in [3.8, 4) is 0 Å². The summed E-state index contributed by atoms with van der Waals surface area (Å²) in [6.45, 7) is 0. The van der Waals surface area contributed by atoms with Gasteiger partial charge in [-0.05, 0) is 22.3 Å². The number of aliphatic hydroxyl groups is 1. The van der Waals surface area contributed by atoms with E-state index in [-0.39, 0.29) is 0 Å². The highest BCUT2D eigenvalue weighted by Crippen LogP contribution is 2.55. The second kappa shape index (κ2) is 7.56. The van der Waals surface area contributed by atoms with E-state index < -0.39 is 17.3 Å². The fraction of sp³-hybridized carbons (Fsp3) is 0.143. The molecule has 0 aliphatic carbocycles. The van der Waals surface area contributed by atoms with E-state index in [0.717, 1.165) is 22.3 Å². The number of benzene rings is 4. The molecule has 1 atom stereocenters. The van der Waals surface area contributed by atoms with Crippen LogP contribution in [0.4, 0.5) is 0 Å². The van der Waals surface area contributed by atoms with Crippen molar-refractivity contribution in [1.82, 2.24) is 0 Å². The van der Waals surface area contributed by atoms with Crippen LogP contribution in [0.3, 0.4) is 0 Å². The maximum atomic E-state index is 11.7. The summed E-state index contributed by atoms with van der Waals surface area (Å²) in [6.07, 6.45) is -0.257. The summed E-state index contributed by atoms with van der Waals surface area (Å²) in [5, 5.41) is 11.7. The van der Waals surface area contributed by atoms with Gasteiger partial charge in [-0.25, -0.2) is 0 Å². The molecule has 4 aromatic carbocycles. The zero-order chi connectivity index (χ0) is 20.4. The van der Waals surface area contributed by atoms with Gasteiger partial charge in [0.1, 0.15) is 11.2 Å². The van der Waals surface area contributed by atoms with Gasteiger partial charge in [-0.3, -0.25) is 0 Å². The summed E-state index contributed by atoms with van der Waals surface area (Å²) in [5.74, 6) is 0. The predicted molar refractivity (Wildman–Crippen MR) is 119 cm³/mol. The van der Waals surface area contributed by atoms with E-state index >= 15 is 0 Å². The summed E-state index contributed by atoms with van der Waals surface area (Å²) in [7, 11) is 0. The highest BCUT2D eigenvalue weighted by molar-refractivity contribution is 5.45. The molecule has 148 valence electrons. The molecule has 5 rings (SSSR count). The van der Waals surface area contributed by atoms with Gasteiger partial charge in [0.05, 0.1) is 6.10 Å². The predicted octanol–water partition coefficient (Wildman–Crippen LogP) is 5.66. The first-order valence-electron chi connectivity index (χ1n) is 10.4. The van der Waals surface area contributed by atoms with Gasteiger partial charge in [0.2, 0.25) is 0 Å². The first-order chi connectivity index (χ1) is 14.8. The summed E-state index contributed by atoms with van der Waals surface area (Å²) in [6, 6.07) is 40.7. The van der Waals surface area contributed by atoms with Crippen molar-refractivity contribution >= 4 is 0 Å². The van der Waals surface area contributed by atoms with Crippen LogP contribution in [0.1, 0.15) is 28.7 Å². The molecule has 0 bridgehead atoms. The number of ether oxygens (including phenoxy) is 1. The zero-order valence-electron chi connectivity index (χ0n) is 16.7. The van der Waals surface area contributed by atoms with Crippen molar-refractivity contribution in [3.63, 3.8) is 0 Å². The number of hydrogen-bond acceptors (Lipinski definition) is 2. The molecule has 2 heteroatoms. The monoisotopic (exact) mass is 392 g/mol. The van der Waals surface area contributed by atoms with Gasteiger partial charge in [0.15, 0.2) is 0 Å². The average Bonchev–Trinajstić information content (AvgIpc) is 3.16. The van der Waals surface area contributed by atoms with Crippen molar-refractivity contribution in [1.29, 1.82) is 0 Å². The van der Waals surface area contributed by atoms with Gasteiger partial charge >= 0.3 is 0 Å². The van der Waals surface area contributed by atoms with Crippen LogP contribution in [0.2, 0.25) is 0 Å². The molecular formula is C28H24O2.